The van der Waals surface area contributed by atoms with Crippen molar-refractivity contribution in [3.8, 4) is 0 Å². The zero-order valence-corrected chi connectivity index (χ0v) is 11.6. The Labute approximate surface area is 118 Å². The summed E-state index contributed by atoms with van der Waals surface area (Å²) in [4.78, 5) is 26.7. The molecule has 0 spiro atoms. The summed E-state index contributed by atoms with van der Waals surface area (Å²) in [5.74, 6) is -1.71. The average Bonchev–Trinajstić information content (AvgIpc) is 2.70. The number of carbonyl (C=O) groups excluding carboxylic acids is 1. The summed E-state index contributed by atoms with van der Waals surface area (Å²) in [6.07, 6.45) is 3.22. The van der Waals surface area contributed by atoms with Crippen molar-refractivity contribution in [1.82, 2.24) is 4.90 Å². The van der Waals surface area contributed by atoms with Crippen LogP contribution in [0.2, 0.25) is 0 Å². The van der Waals surface area contributed by atoms with Crippen LogP contribution in [0.5, 0.6) is 0 Å². The van der Waals surface area contributed by atoms with Crippen LogP contribution in [-0.4, -0.2) is 40.4 Å². The summed E-state index contributed by atoms with van der Waals surface area (Å²) < 4.78 is 0. The molecule has 1 N–H and O–H groups in total. The molecule has 2 unspecified atom stereocenters. The number of fused-ring (bicyclic) bond motifs is 1. The largest absolute Gasteiger partial charge is 0.481 e. The quantitative estimate of drug-likeness (QED) is 0.898. The molecule has 1 saturated heterocycles. The van der Waals surface area contributed by atoms with E-state index in [0.29, 0.717) is 11.1 Å². The number of Topliss-reactive ketones (excluding diaryl/α,β-unsaturated/α-hetero) is 1. The Bertz CT molecular complexity index is 563. The molecule has 1 fully saturated rings. The van der Waals surface area contributed by atoms with Crippen LogP contribution in [-0.2, 0) is 4.79 Å². The van der Waals surface area contributed by atoms with Gasteiger partial charge in [0.1, 0.15) is 5.92 Å². The molecule has 0 amide bonds. The second kappa shape index (κ2) is 4.70. The summed E-state index contributed by atoms with van der Waals surface area (Å²) in [7, 11) is 0. The SMILES string of the molecule is CC1(N2CCCCC2)C(=O)c2ccccc2C1C(=O)O. The number of benzene rings is 1. The fourth-order valence-corrected chi connectivity index (χ4v) is 3.72. The van der Waals surface area contributed by atoms with Crippen LogP contribution >= 0.6 is 0 Å². The lowest BCUT2D eigenvalue weighted by Gasteiger charge is -2.42. The zero-order valence-electron chi connectivity index (χ0n) is 11.6. The number of carbonyl (C=O) groups is 2. The third-order valence-electron chi connectivity index (χ3n) is 4.80. The highest BCUT2D eigenvalue weighted by molar-refractivity contribution is 6.12. The Morgan fingerprint density at radius 2 is 1.90 bits per heavy atom. The van der Waals surface area contributed by atoms with Gasteiger partial charge in [-0.25, -0.2) is 0 Å². The molecule has 4 nitrogen and oxygen atoms in total. The van der Waals surface area contributed by atoms with Gasteiger partial charge in [-0.3, -0.25) is 14.5 Å². The van der Waals surface area contributed by atoms with E-state index in [1.807, 2.05) is 6.07 Å². The standard InChI is InChI=1S/C16H19NO3/c1-16(17-9-5-2-6-10-17)13(15(19)20)11-7-3-4-8-12(11)14(16)18/h3-4,7-8,13H,2,5-6,9-10H2,1H3,(H,19,20). The number of ketones is 1. The number of carboxylic acid groups (broad SMARTS) is 1. The molecule has 0 radical (unpaired) electrons. The van der Waals surface area contributed by atoms with Crippen LogP contribution < -0.4 is 0 Å². The van der Waals surface area contributed by atoms with Crippen molar-refractivity contribution >= 4 is 11.8 Å². The summed E-state index contributed by atoms with van der Waals surface area (Å²) in [6, 6.07) is 7.14. The smallest absolute Gasteiger partial charge is 0.313 e. The normalized spacial score (nSPS) is 30.2. The monoisotopic (exact) mass is 273 g/mol. The van der Waals surface area contributed by atoms with Crippen LogP contribution in [0.1, 0.15) is 48.0 Å². The van der Waals surface area contributed by atoms with Gasteiger partial charge in [0.2, 0.25) is 0 Å². The molecule has 3 rings (SSSR count). The summed E-state index contributed by atoms with van der Waals surface area (Å²) >= 11 is 0. The van der Waals surface area contributed by atoms with Crippen LogP contribution in [0.25, 0.3) is 0 Å². The van der Waals surface area contributed by atoms with Crippen LogP contribution in [0.4, 0.5) is 0 Å². The van der Waals surface area contributed by atoms with E-state index in [9.17, 15) is 14.7 Å². The fourth-order valence-electron chi connectivity index (χ4n) is 3.72. The molecule has 106 valence electrons. The number of hydrogen-bond donors (Lipinski definition) is 1. The van der Waals surface area contributed by atoms with E-state index in [1.54, 1.807) is 25.1 Å². The molecule has 2 aliphatic rings. The molecule has 1 aromatic rings. The number of aliphatic carboxylic acids is 1. The lowest BCUT2D eigenvalue weighted by Crippen LogP contribution is -2.56. The lowest BCUT2D eigenvalue weighted by molar-refractivity contribution is -0.141. The van der Waals surface area contributed by atoms with Crippen LogP contribution in [0.3, 0.4) is 0 Å². The molecule has 4 heteroatoms. The predicted molar refractivity (Wildman–Crippen MR) is 75.0 cm³/mol. The van der Waals surface area contributed by atoms with Gasteiger partial charge in [-0.15, -0.1) is 0 Å². The van der Waals surface area contributed by atoms with Crippen molar-refractivity contribution in [2.45, 2.75) is 37.6 Å². The van der Waals surface area contributed by atoms with E-state index >= 15 is 0 Å². The lowest BCUT2D eigenvalue weighted by atomic mass is 9.82. The van der Waals surface area contributed by atoms with E-state index < -0.39 is 17.4 Å². The first-order chi connectivity index (χ1) is 9.56. The molecular weight excluding hydrogens is 254 g/mol. The van der Waals surface area contributed by atoms with Crippen molar-refractivity contribution < 1.29 is 14.7 Å². The number of rotatable bonds is 2. The maximum Gasteiger partial charge on any atom is 0.313 e. The van der Waals surface area contributed by atoms with Crippen molar-refractivity contribution in [2.24, 2.45) is 0 Å². The Kier molecular flexibility index (Phi) is 3.13. The molecule has 1 aliphatic carbocycles. The molecular formula is C16H19NO3. The van der Waals surface area contributed by atoms with Crippen LogP contribution in [0, 0.1) is 0 Å². The van der Waals surface area contributed by atoms with Crippen molar-refractivity contribution in [2.75, 3.05) is 13.1 Å². The van der Waals surface area contributed by atoms with E-state index in [2.05, 4.69) is 4.90 Å². The fraction of sp³-hybridized carbons (Fsp3) is 0.500. The molecule has 2 atom stereocenters. The number of nitrogens with zero attached hydrogens (tertiary/aromatic N) is 1. The Hall–Kier alpha value is -1.68. The van der Waals surface area contributed by atoms with Gasteiger partial charge in [0, 0.05) is 5.56 Å². The molecule has 1 heterocycles. The highest BCUT2D eigenvalue weighted by atomic mass is 16.4. The van der Waals surface area contributed by atoms with Gasteiger partial charge in [-0.2, -0.15) is 0 Å². The number of carboxylic acids is 1. The van der Waals surface area contributed by atoms with Gasteiger partial charge in [-0.1, -0.05) is 30.7 Å². The van der Waals surface area contributed by atoms with Gasteiger partial charge >= 0.3 is 5.97 Å². The molecule has 0 aromatic heterocycles. The van der Waals surface area contributed by atoms with Crippen molar-refractivity contribution in [1.29, 1.82) is 0 Å². The number of piperidine rings is 1. The molecule has 1 aliphatic heterocycles. The van der Waals surface area contributed by atoms with Crippen molar-refractivity contribution in [3.05, 3.63) is 35.4 Å². The van der Waals surface area contributed by atoms with E-state index in [-0.39, 0.29) is 5.78 Å². The second-order valence-corrected chi connectivity index (χ2v) is 5.88. The van der Waals surface area contributed by atoms with Gasteiger partial charge in [0.05, 0.1) is 5.54 Å². The minimum absolute atomic E-state index is 0.0394. The Balaban J connectivity index is 2.10. The number of hydrogen-bond acceptors (Lipinski definition) is 3. The Morgan fingerprint density at radius 3 is 2.55 bits per heavy atom. The first-order valence-electron chi connectivity index (χ1n) is 7.18. The zero-order chi connectivity index (χ0) is 14.3. The molecule has 0 bridgehead atoms. The first-order valence-corrected chi connectivity index (χ1v) is 7.18. The minimum Gasteiger partial charge on any atom is -0.481 e. The summed E-state index contributed by atoms with van der Waals surface area (Å²) in [5, 5.41) is 9.67. The second-order valence-electron chi connectivity index (χ2n) is 5.88. The minimum atomic E-state index is -0.935. The molecule has 0 saturated carbocycles. The van der Waals surface area contributed by atoms with Gasteiger partial charge in [0.15, 0.2) is 5.78 Å². The topological polar surface area (TPSA) is 57.6 Å². The third-order valence-corrected chi connectivity index (χ3v) is 4.80. The maximum atomic E-state index is 12.8. The number of likely N-dealkylation sites (tertiary alicyclic amines) is 1. The van der Waals surface area contributed by atoms with E-state index in [4.69, 9.17) is 0 Å². The first kappa shape index (κ1) is 13.3. The molecule has 20 heavy (non-hydrogen) atoms. The van der Waals surface area contributed by atoms with Gasteiger partial charge in [-0.05, 0) is 38.4 Å². The average molecular weight is 273 g/mol. The Morgan fingerprint density at radius 1 is 1.25 bits per heavy atom. The van der Waals surface area contributed by atoms with E-state index in [1.165, 1.54) is 0 Å². The highest BCUT2D eigenvalue weighted by Gasteiger charge is 2.56. The highest BCUT2D eigenvalue weighted by Crippen LogP contribution is 2.45. The predicted octanol–water partition coefficient (Wildman–Crippen LogP) is 2.30. The van der Waals surface area contributed by atoms with E-state index in [0.717, 1.165) is 32.4 Å². The van der Waals surface area contributed by atoms with Gasteiger partial charge < -0.3 is 5.11 Å². The maximum absolute atomic E-state index is 12.8. The van der Waals surface area contributed by atoms with Gasteiger partial charge in [0.25, 0.3) is 0 Å². The summed E-state index contributed by atoms with van der Waals surface area (Å²) in [6.45, 7) is 3.42. The van der Waals surface area contributed by atoms with Crippen LogP contribution in [0.15, 0.2) is 24.3 Å². The third kappa shape index (κ3) is 1.71. The molecule has 1 aromatic carbocycles. The summed E-state index contributed by atoms with van der Waals surface area (Å²) in [5.41, 5.74) is 0.307. The van der Waals surface area contributed by atoms with Crippen molar-refractivity contribution in [3.63, 3.8) is 0 Å².